The molecule has 0 bridgehead atoms. The fraction of sp³-hybridized carbons (Fsp3) is 0.429. The van der Waals surface area contributed by atoms with Crippen molar-refractivity contribution in [2.24, 2.45) is 0 Å². The van der Waals surface area contributed by atoms with Gasteiger partial charge in [-0.05, 0) is 55.5 Å². The monoisotopic (exact) mass is 402 g/mol. The van der Waals surface area contributed by atoms with E-state index in [1.165, 1.54) is 4.88 Å². The molecule has 1 aromatic carbocycles. The van der Waals surface area contributed by atoms with Crippen molar-refractivity contribution >= 4 is 23.2 Å². The van der Waals surface area contributed by atoms with Gasteiger partial charge in [0.05, 0.1) is 13.2 Å². The topological polar surface area (TPSA) is 67.9 Å². The Morgan fingerprint density at radius 2 is 2.21 bits per heavy atom. The number of ether oxygens (including phenoxy) is 2. The second kappa shape index (κ2) is 9.71. The molecule has 1 saturated heterocycles. The molecule has 3 rings (SSSR count). The Morgan fingerprint density at radius 1 is 1.36 bits per heavy atom. The minimum Gasteiger partial charge on any atom is -0.491 e. The first-order chi connectivity index (χ1) is 13.5. The van der Waals surface area contributed by atoms with Crippen molar-refractivity contribution in [3.8, 4) is 5.75 Å². The van der Waals surface area contributed by atoms with Gasteiger partial charge in [-0.15, -0.1) is 11.3 Å². The molecule has 1 aromatic heterocycles. The standard InChI is InChI=1S/C21H26N2O4S/c1-15-12-17(5-6-20(15)16(2)24)27-14-18-13-23(9-10-26-18)21(25)22-8-7-19-4-3-11-28-19/h3-6,11-12,18H,7-10,13-14H2,1-2H3,(H,22,25). The number of urea groups is 1. The van der Waals surface area contributed by atoms with Crippen LogP contribution in [0.25, 0.3) is 0 Å². The molecule has 1 aliphatic heterocycles. The summed E-state index contributed by atoms with van der Waals surface area (Å²) in [7, 11) is 0. The highest BCUT2D eigenvalue weighted by Crippen LogP contribution is 2.18. The van der Waals surface area contributed by atoms with Crippen molar-refractivity contribution in [1.29, 1.82) is 0 Å². The maximum atomic E-state index is 12.4. The molecule has 1 fully saturated rings. The first-order valence-electron chi connectivity index (χ1n) is 9.44. The van der Waals surface area contributed by atoms with Crippen LogP contribution >= 0.6 is 11.3 Å². The highest BCUT2D eigenvalue weighted by atomic mass is 32.1. The number of nitrogens with zero attached hydrogens (tertiary/aromatic N) is 1. The molecule has 0 spiro atoms. The first kappa shape index (κ1) is 20.4. The van der Waals surface area contributed by atoms with Crippen molar-refractivity contribution < 1.29 is 19.1 Å². The van der Waals surface area contributed by atoms with Crippen molar-refractivity contribution in [3.05, 3.63) is 51.7 Å². The smallest absolute Gasteiger partial charge is 0.317 e. The summed E-state index contributed by atoms with van der Waals surface area (Å²) in [6.07, 6.45) is 0.667. The van der Waals surface area contributed by atoms with Crippen LogP contribution in [-0.2, 0) is 11.2 Å². The molecule has 1 N–H and O–H groups in total. The number of thiophene rings is 1. The van der Waals surface area contributed by atoms with Crippen molar-refractivity contribution in [2.45, 2.75) is 26.4 Å². The molecule has 150 valence electrons. The van der Waals surface area contributed by atoms with E-state index in [0.717, 1.165) is 12.0 Å². The summed E-state index contributed by atoms with van der Waals surface area (Å²) in [4.78, 5) is 26.9. The van der Waals surface area contributed by atoms with Crippen LogP contribution in [0.5, 0.6) is 5.75 Å². The third-order valence-corrected chi connectivity index (χ3v) is 5.60. The lowest BCUT2D eigenvalue weighted by Gasteiger charge is -2.32. The largest absolute Gasteiger partial charge is 0.491 e. The van der Waals surface area contributed by atoms with Gasteiger partial charge in [0.25, 0.3) is 0 Å². The van der Waals surface area contributed by atoms with E-state index in [0.29, 0.717) is 44.2 Å². The summed E-state index contributed by atoms with van der Waals surface area (Å²) < 4.78 is 11.6. The second-order valence-electron chi connectivity index (χ2n) is 6.84. The van der Waals surface area contributed by atoms with Crippen LogP contribution in [0.3, 0.4) is 0 Å². The number of aryl methyl sites for hydroxylation is 1. The summed E-state index contributed by atoms with van der Waals surface area (Å²) in [6.45, 7) is 6.00. The number of morpholine rings is 1. The molecule has 6 nitrogen and oxygen atoms in total. The van der Waals surface area contributed by atoms with E-state index in [9.17, 15) is 9.59 Å². The number of nitrogens with one attached hydrogen (secondary N) is 1. The Morgan fingerprint density at radius 3 is 2.93 bits per heavy atom. The Labute approximate surface area is 169 Å². The van der Waals surface area contributed by atoms with Gasteiger partial charge in [-0.25, -0.2) is 4.79 Å². The Bertz CT molecular complexity index is 807. The fourth-order valence-corrected chi connectivity index (χ4v) is 3.88. The van der Waals surface area contributed by atoms with Gasteiger partial charge >= 0.3 is 6.03 Å². The van der Waals surface area contributed by atoms with E-state index in [-0.39, 0.29) is 17.9 Å². The summed E-state index contributed by atoms with van der Waals surface area (Å²) >= 11 is 1.70. The summed E-state index contributed by atoms with van der Waals surface area (Å²) in [5.74, 6) is 0.740. The highest BCUT2D eigenvalue weighted by Gasteiger charge is 2.24. The highest BCUT2D eigenvalue weighted by molar-refractivity contribution is 7.09. The molecule has 0 aliphatic carbocycles. The zero-order chi connectivity index (χ0) is 19.9. The predicted molar refractivity (Wildman–Crippen MR) is 109 cm³/mol. The van der Waals surface area contributed by atoms with Gasteiger partial charge in [0.1, 0.15) is 18.5 Å². The lowest BCUT2D eigenvalue weighted by atomic mass is 10.1. The molecule has 7 heteroatoms. The van der Waals surface area contributed by atoms with E-state index in [2.05, 4.69) is 11.4 Å². The van der Waals surface area contributed by atoms with Crippen LogP contribution in [-0.4, -0.2) is 55.7 Å². The quantitative estimate of drug-likeness (QED) is 0.722. The number of carbonyl (C=O) groups excluding carboxylic acids is 2. The SMILES string of the molecule is CC(=O)c1ccc(OCC2CN(C(=O)NCCc3cccs3)CCO2)cc1C. The number of amides is 2. The zero-order valence-corrected chi connectivity index (χ0v) is 17.1. The van der Waals surface area contributed by atoms with Crippen LogP contribution in [0.2, 0.25) is 0 Å². The Hall–Kier alpha value is -2.38. The van der Waals surface area contributed by atoms with Crippen LogP contribution in [0.1, 0.15) is 27.7 Å². The summed E-state index contributed by atoms with van der Waals surface area (Å²) in [6, 6.07) is 9.46. The van der Waals surface area contributed by atoms with Gasteiger partial charge < -0.3 is 19.7 Å². The van der Waals surface area contributed by atoms with Crippen LogP contribution in [0.15, 0.2) is 35.7 Å². The predicted octanol–water partition coefficient (Wildman–Crippen LogP) is 3.29. The average molecular weight is 403 g/mol. The third-order valence-electron chi connectivity index (χ3n) is 4.67. The van der Waals surface area contributed by atoms with Crippen molar-refractivity contribution in [1.82, 2.24) is 10.2 Å². The maximum absolute atomic E-state index is 12.4. The number of hydrogen-bond donors (Lipinski definition) is 1. The van der Waals surface area contributed by atoms with Gasteiger partial charge in [0.2, 0.25) is 0 Å². The van der Waals surface area contributed by atoms with Gasteiger partial charge in [0.15, 0.2) is 5.78 Å². The van der Waals surface area contributed by atoms with Gasteiger partial charge in [-0.2, -0.15) is 0 Å². The number of benzene rings is 1. The number of ketones is 1. The zero-order valence-electron chi connectivity index (χ0n) is 16.3. The van der Waals surface area contributed by atoms with Crippen molar-refractivity contribution in [3.63, 3.8) is 0 Å². The summed E-state index contributed by atoms with van der Waals surface area (Å²) in [5, 5.41) is 5.02. The first-order valence-corrected chi connectivity index (χ1v) is 10.3. The minimum absolute atomic E-state index is 0.0420. The van der Waals surface area contributed by atoms with E-state index in [4.69, 9.17) is 9.47 Å². The Kier molecular flexibility index (Phi) is 7.06. The maximum Gasteiger partial charge on any atom is 0.317 e. The fourth-order valence-electron chi connectivity index (χ4n) is 3.17. The van der Waals surface area contributed by atoms with E-state index >= 15 is 0 Å². The Balaban J connectivity index is 1.44. The molecule has 1 aliphatic rings. The minimum atomic E-state index is -0.176. The van der Waals surface area contributed by atoms with Crippen LogP contribution in [0.4, 0.5) is 4.79 Å². The number of Topliss-reactive ketones (excluding diaryl/α,β-unsaturated/α-hetero) is 1. The lowest BCUT2D eigenvalue weighted by molar-refractivity contribution is -0.0351. The molecule has 0 radical (unpaired) electrons. The van der Waals surface area contributed by atoms with Gasteiger partial charge in [-0.1, -0.05) is 6.07 Å². The molecule has 1 atom stereocenters. The van der Waals surface area contributed by atoms with E-state index in [1.54, 1.807) is 35.3 Å². The molecule has 2 amide bonds. The van der Waals surface area contributed by atoms with Gasteiger partial charge in [-0.3, -0.25) is 4.79 Å². The normalized spacial score (nSPS) is 16.6. The molecule has 2 heterocycles. The average Bonchev–Trinajstić information content (AvgIpc) is 3.20. The van der Waals surface area contributed by atoms with Crippen LogP contribution < -0.4 is 10.1 Å². The number of rotatable bonds is 7. The molecular weight excluding hydrogens is 376 g/mol. The molecule has 2 aromatic rings. The number of carbonyl (C=O) groups is 2. The van der Waals surface area contributed by atoms with Gasteiger partial charge in [0, 0.05) is 23.5 Å². The van der Waals surface area contributed by atoms with Crippen molar-refractivity contribution in [2.75, 3.05) is 32.8 Å². The van der Waals surface area contributed by atoms with E-state index < -0.39 is 0 Å². The molecule has 1 unspecified atom stereocenters. The molecule has 0 saturated carbocycles. The van der Waals surface area contributed by atoms with E-state index in [1.807, 2.05) is 24.4 Å². The lowest BCUT2D eigenvalue weighted by Crippen LogP contribution is -2.51. The summed E-state index contributed by atoms with van der Waals surface area (Å²) in [5.41, 5.74) is 1.59. The third kappa shape index (κ3) is 5.56. The second-order valence-corrected chi connectivity index (χ2v) is 7.88. The number of hydrogen-bond acceptors (Lipinski definition) is 5. The van der Waals surface area contributed by atoms with Crippen LogP contribution in [0, 0.1) is 6.92 Å². The molecule has 28 heavy (non-hydrogen) atoms. The molecular formula is C21H26N2O4S.